The molecule has 0 radical (unpaired) electrons. The normalized spacial score (nSPS) is 12.3. The lowest BCUT2D eigenvalue weighted by molar-refractivity contribution is 0.360. The van der Waals surface area contributed by atoms with E-state index in [4.69, 9.17) is 79.1 Å². The highest BCUT2D eigenvalue weighted by atomic mass is 79.9. The van der Waals surface area contributed by atoms with E-state index in [2.05, 4.69) is 15.9 Å². The highest BCUT2D eigenvalue weighted by Crippen LogP contribution is 2.59. The summed E-state index contributed by atoms with van der Waals surface area (Å²) in [5.41, 5.74) is 0. The molecule has 9 heteroatoms. The molecule has 2 aromatic carbocycles. The van der Waals surface area contributed by atoms with E-state index < -0.39 is 0 Å². The summed E-state index contributed by atoms with van der Waals surface area (Å²) in [6, 6.07) is 1.53. The van der Waals surface area contributed by atoms with Gasteiger partial charge in [0.05, 0.1) is 19.5 Å². The predicted octanol–water partition coefficient (Wildman–Crippen LogP) is 8.27. The molecule has 1 aliphatic heterocycles. The van der Waals surface area contributed by atoms with Crippen LogP contribution >= 0.6 is 85.5 Å². The van der Waals surface area contributed by atoms with Gasteiger partial charge in [0.2, 0.25) is 0 Å². The topological polar surface area (TPSA) is 18.5 Å². The Labute approximate surface area is 157 Å². The third-order valence-electron chi connectivity index (χ3n) is 2.68. The first-order valence-electron chi connectivity index (χ1n) is 5.22. The molecule has 0 unspecified atom stereocenters. The van der Waals surface area contributed by atoms with Gasteiger partial charge < -0.3 is 9.47 Å². The number of ether oxygens (including phenoxy) is 2. The van der Waals surface area contributed by atoms with Crippen molar-refractivity contribution in [1.82, 2.24) is 0 Å². The van der Waals surface area contributed by atoms with E-state index >= 15 is 0 Å². The van der Waals surface area contributed by atoms with E-state index in [9.17, 15) is 0 Å². The van der Waals surface area contributed by atoms with Crippen molar-refractivity contribution in [2.75, 3.05) is 0 Å². The summed E-state index contributed by atoms with van der Waals surface area (Å²) in [6.45, 7) is 0. The Morgan fingerprint density at radius 2 is 1.19 bits per heavy atom. The van der Waals surface area contributed by atoms with Gasteiger partial charge in [0.1, 0.15) is 15.1 Å². The van der Waals surface area contributed by atoms with Crippen molar-refractivity contribution in [3.63, 3.8) is 0 Å². The van der Waals surface area contributed by atoms with Gasteiger partial charge in [0.25, 0.3) is 0 Å². The first kappa shape index (κ1) is 16.1. The van der Waals surface area contributed by atoms with E-state index in [1.54, 1.807) is 0 Å². The molecule has 2 nitrogen and oxygen atoms in total. The van der Waals surface area contributed by atoms with E-state index in [0.717, 1.165) is 0 Å². The lowest BCUT2D eigenvalue weighted by Crippen LogP contribution is -2.02. The minimum absolute atomic E-state index is 0.0679. The van der Waals surface area contributed by atoms with Gasteiger partial charge in [-0.25, -0.2) is 0 Å². The first-order chi connectivity index (χ1) is 9.82. The summed E-state index contributed by atoms with van der Waals surface area (Å²) in [5.74, 6) is 0.826. The maximum absolute atomic E-state index is 6.17. The number of benzene rings is 2. The van der Waals surface area contributed by atoms with Crippen LogP contribution < -0.4 is 9.47 Å². The Balaban J connectivity index is 2.27. The molecule has 2 aromatic rings. The summed E-state index contributed by atoms with van der Waals surface area (Å²) in [6.07, 6.45) is 0. The molecular weight excluding hydrogens is 469 g/mol. The van der Waals surface area contributed by atoms with Crippen LogP contribution in [-0.2, 0) is 0 Å². The van der Waals surface area contributed by atoms with Crippen molar-refractivity contribution >= 4 is 85.5 Å². The van der Waals surface area contributed by atoms with Crippen LogP contribution in [0.2, 0.25) is 30.1 Å². The second-order valence-corrected chi connectivity index (χ2v) is 7.02. The average Bonchev–Trinajstić information content (AvgIpc) is 2.47. The van der Waals surface area contributed by atoms with Crippen LogP contribution in [-0.4, -0.2) is 0 Å². The fraction of sp³-hybridized carbons (Fsp3) is 0. The summed E-state index contributed by atoms with van der Waals surface area (Å²) >= 11 is 39.7. The van der Waals surface area contributed by atoms with E-state index in [1.807, 2.05) is 0 Å². The summed E-state index contributed by atoms with van der Waals surface area (Å²) in [5, 5.41) is 0.895. The molecule has 0 aliphatic carbocycles. The lowest BCUT2D eigenvalue weighted by atomic mass is 10.2. The standard InChI is InChI=1S/C12HBrCl6O2/c13-4-2(14)1-3-10(5(4)15)21-12-9(19)7(17)6(16)8(18)11(12)20-3/h1H. The monoisotopic (exact) mass is 466 g/mol. The summed E-state index contributed by atoms with van der Waals surface area (Å²) in [7, 11) is 0. The zero-order chi connectivity index (χ0) is 15.5. The second-order valence-electron chi connectivity index (χ2n) is 3.93. The van der Waals surface area contributed by atoms with Crippen molar-refractivity contribution in [1.29, 1.82) is 0 Å². The Hall–Kier alpha value is 0.260. The van der Waals surface area contributed by atoms with Crippen LogP contribution in [0, 0.1) is 0 Å². The molecule has 0 spiro atoms. The second kappa shape index (κ2) is 5.72. The Bertz CT molecular complexity index is 793. The van der Waals surface area contributed by atoms with Crippen LogP contribution in [0.4, 0.5) is 0 Å². The van der Waals surface area contributed by atoms with Gasteiger partial charge in [-0.15, -0.1) is 0 Å². The molecule has 0 aromatic heterocycles. The highest BCUT2D eigenvalue weighted by Gasteiger charge is 2.31. The fourth-order valence-electron chi connectivity index (χ4n) is 1.71. The Morgan fingerprint density at radius 1 is 0.667 bits per heavy atom. The number of rotatable bonds is 0. The van der Waals surface area contributed by atoms with E-state index in [0.29, 0.717) is 9.50 Å². The van der Waals surface area contributed by atoms with Crippen molar-refractivity contribution in [2.24, 2.45) is 0 Å². The van der Waals surface area contributed by atoms with Crippen LogP contribution in [0.1, 0.15) is 0 Å². The highest BCUT2D eigenvalue weighted by molar-refractivity contribution is 9.10. The Kier molecular flexibility index (Phi) is 4.39. The van der Waals surface area contributed by atoms with Gasteiger partial charge in [-0.05, 0) is 15.9 Å². The molecule has 0 saturated carbocycles. The molecule has 0 fully saturated rings. The third kappa shape index (κ3) is 2.47. The molecule has 0 saturated heterocycles. The van der Waals surface area contributed by atoms with Gasteiger partial charge in [-0.3, -0.25) is 0 Å². The minimum atomic E-state index is 0.0679. The summed E-state index contributed by atoms with van der Waals surface area (Å²) in [4.78, 5) is 0. The molecule has 1 aliphatic rings. The number of halogens is 7. The van der Waals surface area contributed by atoms with Crippen LogP contribution in [0.25, 0.3) is 0 Å². The number of fused-ring (bicyclic) bond motifs is 2. The maximum Gasteiger partial charge on any atom is 0.191 e. The molecule has 110 valence electrons. The zero-order valence-corrected chi connectivity index (χ0v) is 15.7. The first-order valence-corrected chi connectivity index (χ1v) is 8.28. The fourth-order valence-corrected chi connectivity index (χ4v) is 3.38. The van der Waals surface area contributed by atoms with Gasteiger partial charge in [0, 0.05) is 6.07 Å². The van der Waals surface area contributed by atoms with Crippen LogP contribution in [0.5, 0.6) is 23.0 Å². The van der Waals surface area contributed by atoms with Crippen molar-refractivity contribution < 1.29 is 9.47 Å². The van der Waals surface area contributed by atoms with Crippen molar-refractivity contribution in [3.8, 4) is 23.0 Å². The molecule has 0 bridgehead atoms. The smallest absolute Gasteiger partial charge is 0.191 e. The van der Waals surface area contributed by atoms with E-state index in [-0.39, 0.29) is 48.1 Å². The molecule has 3 rings (SSSR count). The van der Waals surface area contributed by atoms with Crippen LogP contribution in [0.3, 0.4) is 0 Å². The molecule has 0 N–H and O–H groups in total. The van der Waals surface area contributed by atoms with Gasteiger partial charge in [-0.2, -0.15) is 0 Å². The van der Waals surface area contributed by atoms with Gasteiger partial charge >= 0.3 is 0 Å². The number of hydrogen-bond donors (Lipinski definition) is 0. The SMILES string of the molecule is Clc1cc2c(c(Cl)c1Br)Oc1c(Cl)c(Cl)c(Cl)c(Cl)c1O2. The Morgan fingerprint density at radius 3 is 1.76 bits per heavy atom. The summed E-state index contributed by atoms with van der Waals surface area (Å²) < 4.78 is 11.8. The maximum atomic E-state index is 6.17. The molecule has 0 atom stereocenters. The predicted molar refractivity (Wildman–Crippen MR) is 90.8 cm³/mol. The quantitative estimate of drug-likeness (QED) is 0.244. The largest absolute Gasteiger partial charge is 0.448 e. The average molecular weight is 470 g/mol. The molecule has 21 heavy (non-hydrogen) atoms. The molecule has 1 heterocycles. The van der Waals surface area contributed by atoms with Gasteiger partial charge in [0.15, 0.2) is 23.0 Å². The third-order valence-corrected chi connectivity index (χ3v) is 6.39. The molecular formula is C12HBrCl6O2. The van der Waals surface area contributed by atoms with Gasteiger partial charge in [-0.1, -0.05) is 69.6 Å². The van der Waals surface area contributed by atoms with Crippen molar-refractivity contribution in [2.45, 2.75) is 0 Å². The zero-order valence-electron chi connectivity index (χ0n) is 9.54. The molecule has 0 amide bonds. The lowest BCUT2D eigenvalue weighted by Gasteiger charge is -2.24. The van der Waals surface area contributed by atoms with E-state index in [1.165, 1.54) is 6.07 Å². The van der Waals surface area contributed by atoms with Crippen LogP contribution in [0.15, 0.2) is 10.5 Å². The minimum Gasteiger partial charge on any atom is -0.448 e. The number of hydrogen-bond acceptors (Lipinski definition) is 2. The van der Waals surface area contributed by atoms with Crippen molar-refractivity contribution in [3.05, 3.63) is 40.7 Å².